The molecule has 7 heterocycles. The van der Waals surface area contributed by atoms with Gasteiger partial charge in [-0.25, -0.2) is 19.9 Å². The fourth-order valence-corrected chi connectivity index (χ4v) is 17.9. The quantitative estimate of drug-likeness (QED) is 0.0209. The molecule has 2 amide bonds. The Morgan fingerprint density at radius 1 is 0.403 bits per heavy atom. The summed E-state index contributed by atoms with van der Waals surface area (Å²) < 4.78 is 9.27. The van der Waals surface area contributed by atoms with Crippen LogP contribution in [-0.2, 0) is 19.1 Å². The molecule has 0 saturated heterocycles. The highest BCUT2D eigenvalue weighted by Gasteiger charge is 2.27. The third-order valence-electron chi connectivity index (χ3n) is 22.4. The van der Waals surface area contributed by atoms with Gasteiger partial charge in [0.15, 0.2) is 0 Å². The Balaban J connectivity index is 0.000000113. The van der Waals surface area contributed by atoms with Crippen molar-refractivity contribution in [1.82, 2.24) is 54.8 Å². The number of nitrogens with two attached hydrogens (primary N) is 2. The van der Waals surface area contributed by atoms with Crippen molar-refractivity contribution in [2.45, 2.75) is 38.8 Å². The number of carbonyl (C=O) groups excluding carboxylic acids is 3. The van der Waals surface area contributed by atoms with Gasteiger partial charge in [0.2, 0.25) is 11.8 Å². The lowest BCUT2D eigenvalue weighted by atomic mass is 9.99. The zero-order valence-corrected chi connectivity index (χ0v) is 75.0. The second-order valence-electron chi connectivity index (χ2n) is 31.9. The first kappa shape index (κ1) is 83.7. The molecule has 7 aromatic heterocycles. The highest BCUT2D eigenvalue weighted by Crippen LogP contribution is 2.44. The van der Waals surface area contributed by atoms with Crippen LogP contribution in [0, 0.1) is 20.2 Å². The van der Waals surface area contributed by atoms with E-state index in [1.54, 1.807) is 45.0 Å². The van der Waals surface area contributed by atoms with Crippen LogP contribution in [0.3, 0.4) is 0 Å². The van der Waals surface area contributed by atoms with Crippen molar-refractivity contribution >= 4 is 235 Å². The van der Waals surface area contributed by atoms with Gasteiger partial charge in [0.05, 0.1) is 73.3 Å². The normalized spacial score (nSPS) is 11.9. The van der Waals surface area contributed by atoms with Crippen LogP contribution in [0.2, 0.25) is 0 Å². The van der Waals surface area contributed by atoms with Gasteiger partial charge in [0, 0.05) is 171 Å². The zero-order chi connectivity index (χ0) is 89.2. The maximum absolute atomic E-state index is 12.9. The molecule has 0 radical (unpaired) electrons. The maximum atomic E-state index is 12.9. The average molecular weight is 1960 g/mol. The summed E-state index contributed by atoms with van der Waals surface area (Å²) in [5.41, 5.74) is 26.5. The predicted octanol–water partition coefficient (Wildman–Crippen LogP) is 25.2. The summed E-state index contributed by atoms with van der Waals surface area (Å²) in [5.74, 6) is 1.75. The minimum absolute atomic E-state index is 0.0617. The minimum atomic E-state index is -1.04. The second-order valence-corrected chi connectivity index (χ2v) is 35.5. The molecule has 22 rings (SSSR count). The van der Waals surface area contributed by atoms with Crippen molar-refractivity contribution < 1.29 is 29.0 Å². The van der Waals surface area contributed by atoms with E-state index < -0.39 is 33.4 Å². The van der Waals surface area contributed by atoms with E-state index in [0.717, 1.165) is 167 Å². The topological polar surface area (TPSA) is 385 Å². The number of halogens is 4. The first-order chi connectivity index (χ1) is 62.4. The Labute approximate surface area is 765 Å². The van der Waals surface area contributed by atoms with Crippen LogP contribution in [0.15, 0.2) is 297 Å². The van der Waals surface area contributed by atoms with Gasteiger partial charge in [0.25, 0.3) is 11.4 Å². The van der Waals surface area contributed by atoms with E-state index in [1.165, 1.54) is 45.8 Å². The van der Waals surface area contributed by atoms with Crippen molar-refractivity contribution in [3.8, 4) is 68.1 Å². The van der Waals surface area contributed by atoms with Gasteiger partial charge in [-0.15, -0.1) is 0 Å². The lowest BCUT2D eigenvalue weighted by Crippen LogP contribution is -2.39. The molecular weight excluding hydrogens is 1890 g/mol. The van der Waals surface area contributed by atoms with Crippen molar-refractivity contribution in [1.29, 1.82) is 0 Å². The lowest BCUT2D eigenvalue weighted by Gasteiger charge is -2.20. The molecule has 0 fully saturated rings. The summed E-state index contributed by atoms with van der Waals surface area (Å²) in [5, 5.41) is 44.6. The number of nitro benzene ring substituents is 2. The number of anilines is 2. The first-order valence-electron chi connectivity index (χ1n) is 40.8. The summed E-state index contributed by atoms with van der Waals surface area (Å²) in [6, 6.07) is 82.6. The molecule has 129 heavy (non-hydrogen) atoms. The predicted molar refractivity (Wildman–Crippen MR) is 529 cm³/mol. The highest BCUT2D eigenvalue weighted by atomic mass is 79.9. The van der Waals surface area contributed by atoms with Gasteiger partial charge in [-0.3, -0.25) is 34.6 Å². The number of carbonyl (C=O) groups is 3. The third-order valence-corrected chi connectivity index (χ3v) is 24.4. The average Bonchev–Trinajstić information content (AvgIpc) is 1.61. The third kappa shape index (κ3) is 16.6. The van der Waals surface area contributed by atoms with Crippen LogP contribution in [0.4, 0.5) is 22.7 Å². The Hall–Kier alpha value is -14.9. The van der Waals surface area contributed by atoms with Crippen LogP contribution < -0.4 is 22.1 Å². The molecule has 13 N–H and O–H groups in total. The van der Waals surface area contributed by atoms with Crippen LogP contribution in [0.25, 0.3) is 199 Å². The molecule has 0 aliphatic heterocycles. The minimum Gasteiger partial charge on any atom is -0.460 e. The van der Waals surface area contributed by atoms with E-state index in [-0.39, 0.29) is 30.2 Å². The number of aromatic nitrogens is 11. The monoisotopic (exact) mass is 1960 g/mol. The van der Waals surface area contributed by atoms with E-state index >= 15 is 0 Å². The molecule has 22 aromatic rings. The van der Waals surface area contributed by atoms with Crippen LogP contribution >= 0.6 is 63.7 Å². The molecule has 29 heteroatoms. The number of esters is 1. The summed E-state index contributed by atoms with van der Waals surface area (Å²) in [6.45, 7) is 5.25. The van der Waals surface area contributed by atoms with Gasteiger partial charge < -0.3 is 61.7 Å². The standard InChI is InChI=1S/C31H28BrN5O3.C25H18BrN5O.C23H14BrN5O4.C21H13BrN2/c1-31(2,3)40-26(38)14-24(33)30(39)35-17-9-10-19-18-6-4-5-7-20(18)27-28(22(19)13-17)37-29(36-27)23-15-34-25-11-8-16(32)12-21(23)25;26-13-5-8-21-18(9-13)20(12-28-21)25-30-23-17-4-2-1-3-15(17)16-7-6-14(29-22(32)11-27)10-19(16)24(23)31-25;24-15-7-8-20-18(11-15)19(12-25-20)23-26-21(13-3-1-5-16(9-13)28(30)31)22(27-23)14-4-2-6-17(10-14)29(32)33;22-14-11-9-13(10-12-14)21-23-19-17-7-3-1-5-15(17)16-6-2-4-8-18(16)20(19)24-21/h4-13,15,24,34H,14,33H2,1-3H3,(H,35,39)(H,36,37);1-10,12,28H,11,27H2,(H,29,32)(H,30,31);1-12,25H,(H,26,27);1-12H,(H,23,24)/t24-;;;/m0.../s1. The fourth-order valence-electron chi connectivity index (χ4n) is 16.6. The molecular formula is C100H73Br4N17O8. The molecule has 0 spiro atoms. The Kier molecular flexibility index (Phi) is 22.4. The number of fused-ring (bicyclic) bond motifs is 21. The SMILES string of the molecule is Brc1ccc(-c2nc3c4ccccc4c4ccccc4c3[nH]2)cc1.CC(C)(C)OC(=O)C[C@H](N)C(=O)Nc1ccc2c3ccccc3c3[nH]c(-c4c[nH]c5ccc(Br)cc45)nc3c2c1.NCC(=O)Nc1ccc2c3ccccc3c3[nH]c(-c4c[nH]c5ccc(Br)cc45)nc3c2c1.O=[N+]([O-])c1cccc(-c2nc(-c3c[nH]c4ccc(Br)cc34)[nH]c2-c2cccc([N+](=O)[O-])c2)c1. The molecule has 0 bridgehead atoms. The Morgan fingerprint density at radius 2 is 0.791 bits per heavy atom. The molecule has 15 aromatic carbocycles. The molecule has 0 aliphatic carbocycles. The molecule has 0 saturated carbocycles. The summed E-state index contributed by atoms with van der Waals surface area (Å²) in [4.78, 5) is 102. The van der Waals surface area contributed by atoms with Gasteiger partial charge in [-0.1, -0.05) is 209 Å². The number of amides is 2. The number of aromatic amines is 7. The van der Waals surface area contributed by atoms with Gasteiger partial charge in [-0.05, 0) is 144 Å². The second kappa shape index (κ2) is 34.5. The maximum Gasteiger partial charge on any atom is 0.308 e. The number of nitrogens with zero attached hydrogens (tertiary/aromatic N) is 6. The number of benzene rings is 15. The number of imidazole rings is 4. The zero-order valence-electron chi connectivity index (χ0n) is 68.7. The number of non-ortho nitro benzene ring substituents is 2. The van der Waals surface area contributed by atoms with E-state index in [0.29, 0.717) is 39.7 Å². The first-order valence-corrected chi connectivity index (χ1v) is 44.0. The number of nitrogens with one attached hydrogen (secondary N) is 9. The van der Waals surface area contributed by atoms with Crippen LogP contribution in [0.1, 0.15) is 27.2 Å². The Morgan fingerprint density at radius 3 is 1.25 bits per heavy atom. The smallest absolute Gasteiger partial charge is 0.308 e. The number of rotatable bonds is 14. The summed E-state index contributed by atoms with van der Waals surface area (Å²) >= 11 is 14.1. The highest BCUT2D eigenvalue weighted by molar-refractivity contribution is 9.11. The number of H-pyrrole nitrogens is 7. The van der Waals surface area contributed by atoms with Crippen LogP contribution in [0.5, 0.6) is 0 Å². The van der Waals surface area contributed by atoms with E-state index in [9.17, 15) is 34.6 Å². The van der Waals surface area contributed by atoms with Crippen molar-refractivity contribution in [2.24, 2.45) is 11.5 Å². The number of hydrogen-bond acceptors (Lipinski definition) is 14. The van der Waals surface area contributed by atoms with Crippen molar-refractivity contribution in [2.75, 3.05) is 17.2 Å². The van der Waals surface area contributed by atoms with Crippen LogP contribution in [-0.4, -0.2) is 101 Å². The number of nitro groups is 2. The molecule has 25 nitrogen and oxygen atoms in total. The van der Waals surface area contributed by atoms with Gasteiger partial charge >= 0.3 is 5.97 Å². The van der Waals surface area contributed by atoms with Gasteiger partial charge in [0.1, 0.15) is 28.9 Å². The van der Waals surface area contributed by atoms with E-state index in [4.69, 9.17) is 36.1 Å². The molecule has 634 valence electrons. The largest absolute Gasteiger partial charge is 0.460 e. The fraction of sp³-hybridized carbons (Fsp3) is 0.0700. The molecule has 1 atom stereocenters. The summed E-state index contributed by atoms with van der Waals surface area (Å²) in [6.07, 6.45) is 5.54. The van der Waals surface area contributed by atoms with Crippen molar-refractivity contribution in [3.05, 3.63) is 318 Å². The van der Waals surface area contributed by atoms with Crippen molar-refractivity contribution in [3.63, 3.8) is 0 Å². The lowest BCUT2D eigenvalue weighted by molar-refractivity contribution is -0.385. The van der Waals surface area contributed by atoms with Gasteiger partial charge in [-0.2, -0.15) is 0 Å². The molecule has 0 unspecified atom stereocenters. The van der Waals surface area contributed by atoms with E-state index in [1.807, 2.05) is 134 Å². The number of hydrogen-bond donors (Lipinski definition) is 11. The van der Waals surface area contributed by atoms with E-state index in [2.05, 4.69) is 206 Å². The molecule has 0 aliphatic rings. The Bertz CT molecular complexity index is 8160. The number of ether oxygens (including phenoxy) is 1. The summed E-state index contributed by atoms with van der Waals surface area (Å²) in [7, 11) is 0.